The molecule has 2 aromatic rings. The summed E-state index contributed by atoms with van der Waals surface area (Å²) in [6, 6.07) is 4.22. The van der Waals surface area contributed by atoms with Gasteiger partial charge in [-0.1, -0.05) is 17.7 Å². The third-order valence-corrected chi connectivity index (χ3v) is 3.33. The Balaban J connectivity index is 2.74. The van der Waals surface area contributed by atoms with Gasteiger partial charge < -0.3 is 10.8 Å². The summed E-state index contributed by atoms with van der Waals surface area (Å²) in [7, 11) is 1.41. The number of halogens is 1. The van der Waals surface area contributed by atoms with Gasteiger partial charge in [0.05, 0.1) is 17.2 Å². The zero-order chi connectivity index (χ0) is 17.0. The Morgan fingerprint density at radius 3 is 2.83 bits per heavy atom. The number of benzene rings is 1. The quantitative estimate of drug-likeness (QED) is 0.446. The lowest BCUT2D eigenvalue weighted by molar-refractivity contribution is 0.0974. The minimum atomic E-state index is -0.695. The molecule has 0 unspecified atom stereocenters. The molecule has 0 aliphatic rings. The van der Waals surface area contributed by atoms with Crippen molar-refractivity contribution in [3.05, 3.63) is 52.6 Å². The summed E-state index contributed by atoms with van der Waals surface area (Å²) in [5.41, 5.74) is 6.14. The van der Waals surface area contributed by atoms with Crippen LogP contribution in [0, 0.1) is 6.57 Å². The molecule has 0 aliphatic carbocycles. The van der Waals surface area contributed by atoms with E-state index in [-0.39, 0.29) is 33.5 Å². The van der Waals surface area contributed by atoms with Crippen LogP contribution in [0.5, 0.6) is 5.75 Å². The first-order valence-corrected chi connectivity index (χ1v) is 6.74. The standard InChI is InChI=1S/C15H12ClN5O2/c1-18-10-3-4-11(22)13(14(23)21-15(17)19-2)12(10)8-5-6-20-7-9(8)16/h3-7,22H,2H3,(H3,17,19,21,23). The summed E-state index contributed by atoms with van der Waals surface area (Å²) in [6.45, 7) is 7.29. The predicted molar refractivity (Wildman–Crippen MR) is 87.6 cm³/mol. The van der Waals surface area contributed by atoms with Crippen molar-refractivity contribution in [3.8, 4) is 16.9 Å². The molecule has 7 nitrogen and oxygen atoms in total. The highest BCUT2D eigenvalue weighted by molar-refractivity contribution is 6.33. The van der Waals surface area contributed by atoms with E-state index in [1.807, 2.05) is 0 Å². The SMILES string of the molecule is [C-]#[N+]c1ccc(O)c(C(=O)NC(N)=NC)c1-c1ccncc1Cl. The minimum absolute atomic E-state index is 0.113. The zero-order valence-electron chi connectivity index (χ0n) is 12.0. The average Bonchev–Trinajstić information content (AvgIpc) is 2.54. The highest BCUT2D eigenvalue weighted by Gasteiger charge is 2.23. The van der Waals surface area contributed by atoms with E-state index in [0.717, 1.165) is 0 Å². The van der Waals surface area contributed by atoms with Crippen molar-refractivity contribution in [2.45, 2.75) is 0 Å². The normalized spacial score (nSPS) is 10.9. The first-order chi connectivity index (χ1) is 11.0. The Bertz CT molecular complexity index is 842. The van der Waals surface area contributed by atoms with E-state index in [2.05, 4.69) is 20.1 Å². The second-order valence-electron chi connectivity index (χ2n) is 4.38. The summed E-state index contributed by atoms with van der Waals surface area (Å²) in [6.07, 6.45) is 2.86. The molecule has 1 heterocycles. The Kier molecular flexibility index (Phi) is 4.79. The molecule has 1 amide bonds. The maximum absolute atomic E-state index is 12.4. The number of pyridine rings is 1. The van der Waals surface area contributed by atoms with E-state index in [4.69, 9.17) is 23.9 Å². The molecular weight excluding hydrogens is 318 g/mol. The molecule has 0 fully saturated rings. The average molecular weight is 330 g/mol. The van der Waals surface area contributed by atoms with Crippen LogP contribution in [0.1, 0.15) is 10.4 Å². The first kappa shape index (κ1) is 16.3. The number of nitrogens with zero attached hydrogens (tertiary/aromatic N) is 3. The van der Waals surface area contributed by atoms with Crippen LogP contribution >= 0.6 is 11.6 Å². The van der Waals surface area contributed by atoms with E-state index < -0.39 is 5.91 Å². The van der Waals surface area contributed by atoms with Crippen molar-refractivity contribution in [1.29, 1.82) is 0 Å². The molecule has 1 aromatic heterocycles. The summed E-state index contributed by atoms with van der Waals surface area (Å²) >= 11 is 6.12. The molecule has 116 valence electrons. The number of hydrogen-bond acceptors (Lipinski definition) is 4. The van der Waals surface area contributed by atoms with Crippen LogP contribution in [0.15, 0.2) is 35.6 Å². The van der Waals surface area contributed by atoms with Gasteiger partial charge in [0.15, 0.2) is 11.6 Å². The number of aliphatic imine (C=N–C) groups is 1. The van der Waals surface area contributed by atoms with E-state index in [0.29, 0.717) is 5.56 Å². The van der Waals surface area contributed by atoms with E-state index in [1.165, 1.54) is 31.6 Å². The molecule has 0 spiro atoms. The minimum Gasteiger partial charge on any atom is -0.507 e. The third kappa shape index (κ3) is 3.22. The maximum Gasteiger partial charge on any atom is 0.261 e. The van der Waals surface area contributed by atoms with Crippen LogP contribution in [-0.2, 0) is 0 Å². The zero-order valence-corrected chi connectivity index (χ0v) is 12.8. The van der Waals surface area contributed by atoms with Crippen LogP contribution in [0.4, 0.5) is 5.69 Å². The summed E-state index contributed by atoms with van der Waals surface area (Å²) in [4.78, 5) is 23.3. The first-order valence-electron chi connectivity index (χ1n) is 6.36. The second-order valence-corrected chi connectivity index (χ2v) is 4.79. The molecule has 0 aliphatic heterocycles. The molecule has 1 aromatic carbocycles. The lowest BCUT2D eigenvalue weighted by Gasteiger charge is -2.14. The van der Waals surface area contributed by atoms with Gasteiger partial charge in [0.2, 0.25) is 0 Å². The van der Waals surface area contributed by atoms with Gasteiger partial charge >= 0.3 is 0 Å². The molecule has 4 N–H and O–H groups in total. The number of aromatic hydroxyl groups is 1. The molecule has 0 saturated carbocycles. The molecule has 23 heavy (non-hydrogen) atoms. The molecule has 0 saturated heterocycles. The third-order valence-electron chi connectivity index (χ3n) is 3.03. The number of nitrogens with one attached hydrogen (secondary N) is 1. The van der Waals surface area contributed by atoms with Gasteiger partial charge in [0.1, 0.15) is 5.75 Å². The van der Waals surface area contributed by atoms with Gasteiger partial charge in [-0.3, -0.25) is 20.1 Å². The van der Waals surface area contributed by atoms with Crippen molar-refractivity contribution >= 4 is 29.2 Å². The van der Waals surface area contributed by atoms with Crippen LogP contribution < -0.4 is 11.1 Å². The smallest absolute Gasteiger partial charge is 0.261 e. The topological polar surface area (TPSA) is 105 Å². The molecule has 2 rings (SSSR count). The number of hydrogen-bond donors (Lipinski definition) is 3. The number of aromatic nitrogens is 1. The van der Waals surface area contributed by atoms with Gasteiger partial charge in [-0.25, -0.2) is 4.85 Å². The lowest BCUT2D eigenvalue weighted by atomic mass is 9.97. The maximum atomic E-state index is 12.4. The largest absolute Gasteiger partial charge is 0.507 e. The van der Waals surface area contributed by atoms with Crippen LogP contribution in [-0.4, -0.2) is 29.0 Å². The molecule has 0 radical (unpaired) electrons. The Labute approximate surface area is 137 Å². The second kappa shape index (κ2) is 6.77. The number of guanidine groups is 1. The number of carbonyl (C=O) groups is 1. The highest BCUT2D eigenvalue weighted by Crippen LogP contribution is 2.41. The fourth-order valence-electron chi connectivity index (χ4n) is 1.99. The molecule has 0 bridgehead atoms. The van der Waals surface area contributed by atoms with Gasteiger partial charge in [0, 0.05) is 25.0 Å². The fraction of sp³-hybridized carbons (Fsp3) is 0.0667. The Hall–Kier alpha value is -3.11. The van der Waals surface area contributed by atoms with E-state index >= 15 is 0 Å². The number of nitrogens with two attached hydrogens (primary N) is 1. The summed E-state index contributed by atoms with van der Waals surface area (Å²) in [5.74, 6) is -1.12. The number of phenolic OH excluding ortho intramolecular Hbond substituents is 1. The van der Waals surface area contributed by atoms with Gasteiger partial charge in [-0.15, -0.1) is 0 Å². The van der Waals surface area contributed by atoms with Crippen molar-refractivity contribution in [3.63, 3.8) is 0 Å². The van der Waals surface area contributed by atoms with E-state index in [9.17, 15) is 9.90 Å². The fourth-order valence-corrected chi connectivity index (χ4v) is 2.20. The highest BCUT2D eigenvalue weighted by atomic mass is 35.5. The van der Waals surface area contributed by atoms with Gasteiger partial charge in [-0.2, -0.15) is 0 Å². The number of carbonyl (C=O) groups excluding carboxylic acids is 1. The summed E-state index contributed by atoms with van der Waals surface area (Å²) < 4.78 is 0. The number of rotatable bonds is 2. The van der Waals surface area contributed by atoms with Crippen LogP contribution in [0.2, 0.25) is 5.02 Å². The van der Waals surface area contributed by atoms with Crippen molar-refractivity contribution in [2.24, 2.45) is 10.7 Å². The number of amides is 1. The Morgan fingerprint density at radius 1 is 1.48 bits per heavy atom. The van der Waals surface area contributed by atoms with E-state index in [1.54, 1.807) is 6.07 Å². The van der Waals surface area contributed by atoms with Crippen molar-refractivity contribution in [2.75, 3.05) is 7.05 Å². The van der Waals surface area contributed by atoms with Crippen molar-refractivity contribution in [1.82, 2.24) is 10.3 Å². The Morgan fingerprint density at radius 2 is 2.22 bits per heavy atom. The summed E-state index contributed by atoms with van der Waals surface area (Å²) in [5, 5.41) is 12.7. The van der Waals surface area contributed by atoms with Crippen molar-refractivity contribution < 1.29 is 9.90 Å². The van der Waals surface area contributed by atoms with Gasteiger partial charge in [-0.05, 0) is 17.7 Å². The molecular formula is C15H12ClN5O2. The monoisotopic (exact) mass is 329 g/mol. The van der Waals surface area contributed by atoms with Crippen LogP contribution in [0.3, 0.4) is 0 Å². The number of phenols is 1. The lowest BCUT2D eigenvalue weighted by Crippen LogP contribution is -2.36. The molecule has 8 heteroatoms. The molecule has 0 atom stereocenters. The van der Waals surface area contributed by atoms with Gasteiger partial charge in [0.25, 0.3) is 5.91 Å². The van der Waals surface area contributed by atoms with Crippen LogP contribution in [0.25, 0.3) is 16.0 Å². The predicted octanol–water partition coefficient (Wildman–Crippen LogP) is 2.33.